The first-order chi connectivity index (χ1) is 16.5. The van der Waals surface area contributed by atoms with Gasteiger partial charge in [-0.15, -0.1) is 5.10 Å². The first kappa shape index (κ1) is 21.4. The number of fused-ring (bicyclic) bond motifs is 1. The Labute approximate surface area is 192 Å². The molecule has 2 aromatic carbocycles. The predicted molar refractivity (Wildman–Crippen MR) is 120 cm³/mol. The molecule has 0 spiro atoms. The second-order valence-electron chi connectivity index (χ2n) is 7.82. The zero-order chi connectivity index (χ0) is 23.7. The molecule has 0 saturated carbocycles. The van der Waals surface area contributed by atoms with Crippen molar-refractivity contribution in [1.29, 1.82) is 0 Å². The number of nitro groups is 1. The number of nitro benzene ring substituents is 1. The van der Waals surface area contributed by atoms with Crippen molar-refractivity contribution in [3.63, 3.8) is 0 Å². The Bertz CT molecular complexity index is 1350. The van der Waals surface area contributed by atoms with Crippen LogP contribution in [0.15, 0.2) is 54.9 Å². The number of carbonyl (C=O) groups is 1. The van der Waals surface area contributed by atoms with Crippen molar-refractivity contribution in [2.24, 2.45) is 0 Å². The zero-order valence-corrected chi connectivity index (χ0v) is 17.9. The summed E-state index contributed by atoms with van der Waals surface area (Å²) in [6, 6.07) is 11.9. The molecule has 0 bridgehead atoms. The van der Waals surface area contributed by atoms with Gasteiger partial charge in [-0.1, -0.05) is 17.3 Å². The molecule has 1 aliphatic rings. The van der Waals surface area contributed by atoms with E-state index in [1.807, 2.05) is 4.90 Å². The van der Waals surface area contributed by atoms with Crippen LogP contribution in [0, 0.1) is 15.9 Å². The Morgan fingerprint density at radius 3 is 2.38 bits per heavy atom. The highest BCUT2D eigenvalue weighted by molar-refractivity contribution is 5.84. The van der Waals surface area contributed by atoms with Crippen LogP contribution in [0.1, 0.15) is 5.56 Å². The van der Waals surface area contributed by atoms with Gasteiger partial charge in [0.15, 0.2) is 17.0 Å². The van der Waals surface area contributed by atoms with Gasteiger partial charge in [-0.2, -0.15) is 4.68 Å². The Hall–Kier alpha value is -4.48. The van der Waals surface area contributed by atoms with Crippen LogP contribution in [0.25, 0.3) is 16.9 Å². The minimum Gasteiger partial charge on any atom is -0.351 e. The molecule has 34 heavy (non-hydrogen) atoms. The van der Waals surface area contributed by atoms with Gasteiger partial charge >= 0.3 is 0 Å². The smallest absolute Gasteiger partial charge is 0.269 e. The van der Waals surface area contributed by atoms with E-state index in [1.54, 1.807) is 29.2 Å². The maximum absolute atomic E-state index is 13.3. The molecule has 0 aliphatic carbocycles. The summed E-state index contributed by atoms with van der Waals surface area (Å²) >= 11 is 0. The molecule has 0 unspecified atom stereocenters. The maximum Gasteiger partial charge on any atom is 0.269 e. The van der Waals surface area contributed by atoms with Gasteiger partial charge in [0, 0.05) is 38.3 Å². The number of piperazine rings is 1. The highest BCUT2D eigenvalue weighted by atomic mass is 19.1. The van der Waals surface area contributed by atoms with Crippen LogP contribution in [-0.2, 0) is 11.2 Å². The van der Waals surface area contributed by atoms with Crippen molar-refractivity contribution >= 4 is 28.6 Å². The lowest BCUT2D eigenvalue weighted by molar-refractivity contribution is -0.384. The number of non-ortho nitro benzene ring substituents is 1. The van der Waals surface area contributed by atoms with Crippen LogP contribution >= 0.6 is 0 Å². The molecule has 0 radical (unpaired) electrons. The number of amides is 1. The molecule has 1 saturated heterocycles. The van der Waals surface area contributed by atoms with E-state index in [0.717, 1.165) is 5.56 Å². The number of rotatable bonds is 5. The van der Waals surface area contributed by atoms with Gasteiger partial charge in [0.25, 0.3) is 5.69 Å². The summed E-state index contributed by atoms with van der Waals surface area (Å²) in [5.41, 5.74) is 2.39. The molecular formula is C22H19FN8O3. The fourth-order valence-corrected chi connectivity index (χ4v) is 3.91. The molecule has 11 nitrogen and oxygen atoms in total. The van der Waals surface area contributed by atoms with Gasteiger partial charge in [-0.25, -0.2) is 14.4 Å². The molecule has 2 aromatic heterocycles. The monoisotopic (exact) mass is 462 g/mol. The number of benzene rings is 2. The third kappa shape index (κ3) is 4.12. The van der Waals surface area contributed by atoms with Gasteiger partial charge in [-0.05, 0) is 29.8 Å². The van der Waals surface area contributed by atoms with E-state index in [0.29, 0.717) is 48.8 Å². The number of carbonyl (C=O) groups excluding carboxylic acids is 1. The Morgan fingerprint density at radius 2 is 1.71 bits per heavy atom. The van der Waals surface area contributed by atoms with Crippen LogP contribution in [0.4, 0.5) is 15.9 Å². The molecule has 1 aliphatic heterocycles. The third-order valence-electron chi connectivity index (χ3n) is 5.72. The molecule has 0 N–H and O–H groups in total. The molecular weight excluding hydrogens is 443 g/mol. The first-order valence-electron chi connectivity index (χ1n) is 10.6. The minimum atomic E-state index is -0.465. The molecule has 172 valence electrons. The van der Waals surface area contributed by atoms with E-state index in [4.69, 9.17) is 0 Å². The van der Waals surface area contributed by atoms with E-state index < -0.39 is 4.92 Å². The molecule has 1 amide bonds. The molecule has 4 aromatic rings. The summed E-state index contributed by atoms with van der Waals surface area (Å²) in [6.45, 7) is 2.12. The topological polar surface area (TPSA) is 123 Å². The Morgan fingerprint density at radius 1 is 1.00 bits per heavy atom. The molecule has 0 atom stereocenters. The molecule has 3 heterocycles. The maximum atomic E-state index is 13.3. The summed E-state index contributed by atoms with van der Waals surface area (Å²) in [7, 11) is 0. The van der Waals surface area contributed by atoms with Crippen LogP contribution < -0.4 is 4.90 Å². The highest BCUT2D eigenvalue weighted by Gasteiger charge is 2.25. The van der Waals surface area contributed by atoms with Gasteiger partial charge in [0.05, 0.1) is 17.0 Å². The summed E-state index contributed by atoms with van der Waals surface area (Å²) in [5.74, 6) is 0.244. The number of hydrogen-bond donors (Lipinski definition) is 0. The fourth-order valence-electron chi connectivity index (χ4n) is 3.91. The van der Waals surface area contributed by atoms with Gasteiger partial charge in [-0.3, -0.25) is 14.9 Å². The number of aromatic nitrogens is 5. The third-order valence-corrected chi connectivity index (χ3v) is 5.72. The van der Waals surface area contributed by atoms with Crippen LogP contribution in [0.3, 0.4) is 0 Å². The van der Waals surface area contributed by atoms with Crippen LogP contribution in [0.2, 0.25) is 0 Å². The first-order valence-corrected chi connectivity index (χ1v) is 10.6. The standard InChI is InChI=1S/C22H19FN8O3/c23-16-3-7-17(8-4-16)30-22-20(26-27-30)21(24-14-25-22)29-11-9-28(10-12-29)19(32)13-15-1-5-18(6-2-15)31(33)34/h1-8,14H,9-13H2. The van der Waals surface area contributed by atoms with Crippen LogP contribution in [-0.4, -0.2) is 66.9 Å². The Kier molecular flexibility index (Phi) is 5.54. The van der Waals surface area contributed by atoms with Gasteiger partial charge in [0.1, 0.15) is 12.1 Å². The van der Waals surface area contributed by atoms with Crippen molar-refractivity contribution in [1.82, 2.24) is 29.9 Å². The van der Waals surface area contributed by atoms with Crippen molar-refractivity contribution in [3.8, 4) is 5.69 Å². The SMILES string of the molecule is O=C(Cc1ccc([N+](=O)[O-])cc1)N1CCN(c2ncnc3c2nnn3-c2ccc(F)cc2)CC1. The number of hydrogen-bond acceptors (Lipinski definition) is 8. The van der Waals surface area contributed by atoms with E-state index in [9.17, 15) is 19.3 Å². The number of halogens is 1. The minimum absolute atomic E-state index is 0.00246. The number of nitrogens with zero attached hydrogens (tertiary/aromatic N) is 8. The highest BCUT2D eigenvalue weighted by Crippen LogP contribution is 2.24. The quantitative estimate of drug-likeness (QED) is 0.327. The van der Waals surface area contributed by atoms with Crippen molar-refractivity contribution in [2.75, 3.05) is 31.1 Å². The summed E-state index contributed by atoms with van der Waals surface area (Å²) in [4.78, 5) is 35.5. The molecule has 5 rings (SSSR count). The number of anilines is 1. The lowest BCUT2D eigenvalue weighted by Gasteiger charge is -2.35. The summed E-state index contributed by atoms with van der Waals surface area (Å²) in [5, 5.41) is 19.2. The summed E-state index contributed by atoms with van der Waals surface area (Å²) < 4.78 is 14.8. The van der Waals surface area contributed by atoms with E-state index in [-0.39, 0.29) is 23.8 Å². The normalized spacial score (nSPS) is 13.9. The second kappa shape index (κ2) is 8.81. The zero-order valence-electron chi connectivity index (χ0n) is 17.9. The van der Waals surface area contributed by atoms with Gasteiger partial charge < -0.3 is 9.80 Å². The fraction of sp³-hybridized carbons (Fsp3) is 0.227. The molecule has 12 heteroatoms. The van der Waals surface area contributed by atoms with Crippen molar-refractivity contribution in [2.45, 2.75) is 6.42 Å². The lowest BCUT2D eigenvalue weighted by atomic mass is 10.1. The van der Waals surface area contributed by atoms with Crippen molar-refractivity contribution in [3.05, 3.63) is 76.4 Å². The van der Waals surface area contributed by atoms with E-state index >= 15 is 0 Å². The predicted octanol–water partition coefficient (Wildman–Crippen LogP) is 2.15. The van der Waals surface area contributed by atoms with E-state index in [2.05, 4.69) is 20.3 Å². The average Bonchev–Trinajstić information content (AvgIpc) is 3.29. The summed E-state index contributed by atoms with van der Waals surface area (Å²) in [6.07, 6.45) is 1.62. The van der Waals surface area contributed by atoms with Crippen molar-refractivity contribution < 1.29 is 14.1 Å². The lowest BCUT2D eigenvalue weighted by Crippen LogP contribution is -2.49. The molecule has 1 fully saturated rings. The average molecular weight is 462 g/mol. The van der Waals surface area contributed by atoms with Crippen LogP contribution in [0.5, 0.6) is 0 Å². The van der Waals surface area contributed by atoms with Gasteiger partial charge in [0.2, 0.25) is 5.91 Å². The second-order valence-corrected chi connectivity index (χ2v) is 7.82. The van der Waals surface area contributed by atoms with E-state index in [1.165, 1.54) is 35.3 Å². The Balaban J connectivity index is 1.27. The largest absolute Gasteiger partial charge is 0.351 e.